The van der Waals surface area contributed by atoms with E-state index in [4.69, 9.17) is 20.9 Å². The number of nitrogens with zero attached hydrogens (tertiary/aromatic N) is 2. The van der Waals surface area contributed by atoms with Crippen LogP contribution in [0.1, 0.15) is 30.4 Å². The van der Waals surface area contributed by atoms with Gasteiger partial charge in [0.05, 0.1) is 11.4 Å². The molecule has 3 rings (SSSR count). The lowest BCUT2D eigenvalue weighted by Gasteiger charge is -2.25. The summed E-state index contributed by atoms with van der Waals surface area (Å²) in [4.78, 5) is 11.0. The fourth-order valence-corrected chi connectivity index (χ4v) is 3.30. The normalized spacial score (nSPS) is 12.3. The van der Waals surface area contributed by atoms with Crippen molar-refractivity contribution in [2.75, 3.05) is 24.0 Å². The molecule has 152 valence electrons. The first-order chi connectivity index (χ1) is 14.0. The molecule has 7 heteroatoms. The number of aryl methyl sites for hydroxylation is 1. The Labute approximate surface area is 170 Å². The number of anilines is 2. The lowest BCUT2D eigenvalue weighted by molar-refractivity contribution is -0.118. The largest absolute Gasteiger partial charge is 0.486 e. The minimum atomic E-state index is -0.285. The first-order valence-corrected chi connectivity index (χ1v) is 9.52. The molecule has 0 radical (unpaired) electrons. The highest BCUT2D eigenvalue weighted by atomic mass is 16.6. The lowest BCUT2D eigenvalue weighted by Crippen LogP contribution is -2.18. The van der Waals surface area contributed by atoms with Crippen molar-refractivity contribution in [2.24, 2.45) is 10.8 Å². The molecular formula is C22H26N4O3. The molecule has 2 aromatic rings. The molecule has 0 aliphatic carbocycles. The molecule has 0 saturated heterocycles. The van der Waals surface area contributed by atoms with Crippen LogP contribution in [0.2, 0.25) is 0 Å². The molecule has 0 atom stereocenters. The number of amides is 1. The van der Waals surface area contributed by atoms with Gasteiger partial charge < -0.3 is 20.9 Å². The van der Waals surface area contributed by atoms with Gasteiger partial charge in [-0.25, -0.2) is 5.01 Å². The Morgan fingerprint density at radius 3 is 2.59 bits per heavy atom. The van der Waals surface area contributed by atoms with Crippen molar-refractivity contribution in [3.63, 3.8) is 0 Å². The maximum atomic E-state index is 11.0. The van der Waals surface area contributed by atoms with E-state index >= 15 is 0 Å². The highest BCUT2D eigenvalue weighted by molar-refractivity contribution is 5.81. The number of hydrazone groups is 1. The fourth-order valence-electron chi connectivity index (χ4n) is 3.30. The molecule has 1 amide bonds. The summed E-state index contributed by atoms with van der Waals surface area (Å²) in [6, 6.07) is 11.3. The molecule has 2 aromatic carbocycles. The Hall–Kier alpha value is -3.48. The van der Waals surface area contributed by atoms with E-state index < -0.39 is 0 Å². The third-order valence-corrected chi connectivity index (χ3v) is 4.73. The molecule has 1 aliphatic heterocycles. The molecule has 0 fully saturated rings. The van der Waals surface area contributed by atoms with Crippen LogP contribution in [0, 0.1) is 0 Å². The average molecular weight is 394 g/mol. The Bertz CT molecular complexity index is 926. The SMILES string of the molecule is C=NN(C(=C)c1cc(N)ccc1CCCCC(N)=O)c1ccc2c(c1)OCCO2. The Kier molecular flexibility index (Phi) is 6.39. The minimum Gasteiger partial charge on any atom is -0.486 e. The van der Waals surface area contributed by atoms with Gasteiger partial charge in [0.25, 0.3) is 0 Å². The number of rotatable bonds is 9. The molecule has 0 saturated carbocycles. The van der Waals surface area contributed by atoms with Gasteiger partial charge in [0.15, 0.2) is 11.5 Å². The van der Waals surface area contributed by atoms with Crippen molar-refractivity contribution in [2.45, 2.75) is 25.7 Å². The quantitative estimate of drug-likeness (QED) is 0.294. The molecule has 1 aliphatic rings. The van der Waals surface area contributed by atoms with Crippen molar-refractivity contribution in [3.8, 4) is 11.5 Å². The van der Waals surface area contributed by atoms with E-state index in [1.54, 1.807) is 5.01 Å². The van der Waals surface area contributed by atoms with Crippen LogP contribution in [0.15, 0.2) is 48.1 Å². The van der Waals surface area contributed by atoms with Gasteiger partial charge in [-0.15, -0.1) is 0 Å². The molecule has 0 aromatic heterocycles. The molecule has 4 N–H and O–H groups in total. The first kappa shape index (κ1) is 20.3. The van der Waals surface area contributed by atoms with E-state index in [-0.39, 0.29) is 5.91 Å². The maximum absolute atomic E-state index is 11.0. The van der Waals surface area contributed by atoms with Crippen molar-refractivity contribution in [3.05, 3.63) is 54.1 Å². The standard InChI is InChI=1S/C22H26N4O3/c1-15(19-13-17(23)8-7-16(19)5-3-4-6-22(24)27)26(25-2)18-9-10-20-21(14-18)29-12-11-28-20/h7-10,13-14H,1-6,11-12,23H2,(H2,24,27). The number of primary amides is 1. The van der Waals surface area contributed by atoms with Crippen LogP contribution in [-0.4, -0.2) is 25.8 Å². The van der Waals surface area contributed by atoms with Gasteiger partial charge >= 0.3 is 0 Å². The first-order valence-electron chi connectivity index (χ1n) is 9.52. The molecule has 29 heavy (non-hydrogen) atoms. The number of fused-ring (bicyclic) bond motifs is 1. The van der Waals surface area contributed by atoms with Gasteiger partial charge in [0.1, 0.15) is 13.2 Å². The van der Waals surface area contributed by atoms with Gasteiger partial charge in [0, 0.05) is 30.5 Å². The van der Waals surface area contributed by atoms with Gasteiger partial charge in [0.2, 0.25) is 5.91 Å². The van der Waals surface area contributed by atoms with E-state index in [1.165, 1.54) is 0 Å². The van der Waals surface area contributed by atoms with E-state index in [0.29, 0.717) is 42.5 Å². The Morgan fingerprint density at radius 1 is 1.10 bits per heavy atom. The summed E-state index contributed by atoms with van der Waals surface area (Å²) < 4.78 is 11.3. The van der Waals surface area contributed by atoms with Crippen LogP contribution in [-0.2, 0) is 11.2 Å². The number of carbonyl (C=O) groups excluding carboxylic acids is 1. The number of hydrogen-bond acceptors (Lipinski definition) is 6. The summed E-state index contributed by atoms with van der Waals surface area (Å²) in [5.41, 5.74) is 15.2. The number of ether oxygens (including phenoxy) is 2. The highest BCUT2D eigenvalue weighted by Gasteiger charge is 2.18. The third kappa shape index (κ3) is 4.87. The molecule has 0 bridgehead atoms. The van der Waals surface area contributed by atoms with Gasteiger partial charge in [-0.1, -0.05) is 12.6 Å². The van der Waals surface area contributed by atoms with E-state index in [1.807, 2.05) is 36.4 Å². The number of hydrogen-bond donors (Lipinski definition) is 2. The molecule has 0 spiro atoms. The van der Waals surface area contributed by atoms with Gasteiger partial charge in [-0.3, -0.25) is 4.79 Å². The average Bonchev–Trinajstić information content (AvgIpc) is 2.72. The van der Waals surface area contributed by atoms with Gasteiger partial charge in [-0.05, 0) is 49.1 Å². The number of unbranched alkanes of at least 4 members (excludes halogenated alkanes) is 1. The van der Waals surface area contributed by atoms with E-state index in [0.717, 1.165) is 36.1 Å². The van der Waals surface area contributed by atoms with Crippen LogP contribution < -0.4 is 25.9 Å². The zero-order valence-corrected chi connectivity index (χ0v) is 16.4. The summed E-state index contributed by atoms with van der Waals surface area (Å²) in [6.07, 6.45) is 2.71. The summed E-state index contributed by atoms with van der Waals surface area (Å²) in [7, 11) is 0. The maximum Gasteiger partial charge on any atom is 0.217 e. The monoisotopic (exact) mass is 394 g/mol. The predicted molar refractivity (Wildman–Crippen MR) is 116 cm³/mol. The third-order valence-electron chi connectivity index (χ3n) is 4.73. The second-order valence-corrected chi connectivity index (χ2v) is 6.82. The molecule has 0 unspecified atom stereocenters. The van der Waals surface area contributed by atoms with Crippen LogP contribution in [0.5, 0.6) is 11.5 Å². The van der Waals surface area contributed by atoms with Gasteiger partial charge in [-0.2, -0.15) is 5.10 Å². The van der Waals surface area contributed by atoms with Crippen molar-refractivity contribution >= 4 is 29.7 Å². The number of carbonyl (C=O) groups is 1. The lowest BCUT2D eigenvalue weighted by atomic mass is 9.98. The van der Waals surface area contributed by atoms with E-state index in [9.17, 15) is 4.79 Å². The van der Waals surface area contributed by atoms with E-state index in [2.05, 4.69) is 18.4 Å². The molecular weight excluding hydrogens is 368 g/mol. The van der Waals surface area contributed by atoms with Crippen LogP contribution in [0.3, 0.4) is 0 Å². The molecule has 1 heterocycles. The number of nitrogens with two attached hydrogens (primary N) is 2. The van der Waals surface area contributed by atoms with Crippen molar-refractivity contribution in [1.29, 1.82) is 0 Å². The van der Waals surface area contributed by atoms with Crippen LogP contribution >= 0.6 is 0 Å². The topological polar surface area (TPSA) is 103 Å². The molecule has 7 nitrogen and oxygen atoms in total. The summed E-state index contributed by atoms with van der Waals surface area (Å²) in [5.74, 6) is 1.08. The second-order valence-electron chi connectivity index (χ2n) is 6.82. The smallest absolute Gasteiger partial charge is 0.217 e. The van der Waals surface area contributed by atoms with Crippen molar-refractivity contribution < 1.29 is 14.3 Å². The van der Waals surface area contributed by atoms with Crippen molar-refractivity contribution in [1.82, 2.24) is 0 Å². The number of benzene rings is 2. The second kappa shape index (κ2) is 9.14. The zero-order valence-electron chi connectivity index (χ0n) is 16.4. The Morgan fingerprint density at radius 2 is 1.86 bits per heavy atom. The summed E-state index contributed by atoms with van der Waals surface area (Å²) >= 11 is 0. The zero-order chi connectivity index (χ0) is 20.8. The fraction of sp³-hybridized carbons (Fsp3) is 0.273. The van der Waals surface area contributed by atoms with Crippen LogP contribution in [0.25, 0.3) is 5.70 Å². The predicted octanol–water partition coefficient (Wildman–Crippen LogP) is 3.33. The minimum absolute atomic E-state index is 0.285. The summed E-state index contributed by atoms with van der Waals surface area (Å²) in [6.45, 7) is 8.97. The van der Waals surface area contributed by atoms with Crippen LogP contribution in [0.4, 0.5) is 11.4 Å². The Balaban J connectivity index is 1.84. The highest BCUT2D eigenvalue weighted by Crippen LogP contribution is 2.37. The number of nitrogen functional groups attached to an aromatic ring is 1. The summed E-state index contributed by atoms with van der Waals surface area (Å²) in [5, 5.41) is 5.81.